The van der Waals surface area contributed by atoms with Gasteiger partial charge in [-0.05, 0) is 30.2 Å². The van der Waals surface area contributed by atoms with Crippen molar-refractivity contribution < 1.29 is 9.32 Å². The Labute approximate surface area is 164 Å². The fraction of sp³-hybridized carbons (Fsp3) is 0.364. The molecule has 1 fully saturated rings. The third kappa shape index (κ3) is 3.14. The molecule has 1 amide bonds. The van der Waals surface area contributed by atoms with E-state index in [1.54, 1.807) is 0 Å². The molecular weight excluding hydrogens is 352 g/mol. The van der Waals surface area contributed by atoms with E-state index < -0.39 is 0 Å². The normalized spacial score (nSPS) is 17.9. The number of piperazine rings is 1. The van der Waals surface area contributed by atoms with Crippen LogP contribution >= 0.6 is 0 Å². The number of fused-ring (bicyclic) bond motifs is 2. The number of carbonyl (C=O) groups is 1. The van der Waals surface area contributed by atoms with Gasteiger partial charge in [-0.2, -0.15) is 0 Å². The van der Waals surface area contributed by atoms with Gasteiger partial charge in [0.25, 0.3) is 0 Å². The molecule has 28 heavy (non-hydrogen) atoms. The fourth-order valence-electron chi connectivity index (χ4n) is 4.27. The minimum Gasteiger partial charge on any atom is -0.354 e. The van der Waals surface area contributed by atoms with Gasteiger partial charge >= 0.3 is 0 Å². The molecule has 1 saturated heterocycles. The Morgan fingerprint density at radius 3 is 2.57 bits per heavy atom. The number of hydrogen-bond acceptors (Lipinski definition) is 5. The Hall–Kier alpha value is -2.86. The number of aryl methyl sites for hydroxylation is 1. The molecule has 0 bridgehead atoms. The zero-order valence-electron chi connectivity index (χ0n) is 15.9. The highest BCUT2D eigenvalue weighted by atomic mass is 16.5. The first-order valence-corrected chi connectivity index (χ1v) is 9.99. The number of para-hydroxylation sites is 2. The summed E-state index contributed by atoms with van der Waals surface area (Å²) in [5, 5.41) is 5.35. The van der Waals surface area contributed by atoms with E-state index in [1.807, 2.05) is 29.2 Å². The lowest BCUT2D eigenvalue weighted by molar-refractivity contribution is -0.118. The second kappa shape index (κ2) is 7.28. The monoisotopic (exact) mass is 376 g/mol. The molecule has 2 aromatic carbocycles. The summed E-state index contributed by atoms with van der Waals surface area (Å²) >= 11 is 0. The molecule has 2 aliphatic rings. The maximum atomic E-state index is 12.4. The first kappa shape index (κ1) is 17.3. The Bertz CT molecular complexity index is 991. The van der Waals surface area contributed by atoms with E-state index in [1.165, 1.54) is 5.56 Å². The molecule has 0 radical (unpaired) electrons. The van der Waals surface area contributed by atoms with Gasteiger partial charge in [0.15, 0.2) is 11.4 Å². The van der Waals surface area contributed by atoms with Crippen molar-refractivity contribution in [3.63, 3.8) is 0 Å². The van der Waals surface area contributed by atoms with Gasteiger partial charge in [0, 0.05) is 51.4 Å². The summed E-state index contributed by atoms with van der Waals surface area (Å²) < 4.78 is 5.45. The van der Waals surface area contributed by atoms with Gasteiger partial charge in [0.2, 0.25) is 5.91 Å². The van der Waals surface area contributed by atoms with Gasteiger partial charge in [-0.25, -0.2) is 0 Å². The van der Waals surface area contributed by atoms with E-state index in [0.29, 0.717) is 6.42 Å². The number of nitrogens with zero attached hydrogens (tertiary/aromatic N) is 4. The van der Waals surface area contributed by atoms with Crippen LogP contribution in [0, 0.1) is 0 Å². The van der Waals surface area contributed by atoms with Gasteiger partial charge in [0.05, 0.1) is 5.39 Å². The maximum absolute atomic E-state index is 12.4. The molecule has 1 aromatic heterocycles. The van der Waals surface area contributed by atoms with E-state index in [0.717, 1.165) is 68.2 Å². The van der Waals surface area contributed by atoms with Crippen LogP contribution in [0.5, 0.6) is 0 Å². The summed E-state index contributed by atoms with van der Waals surface area (Å²) in [7, 11) is 0. The SMILES string of the molecule is O=C1CCc2ccccc2N1CCN1CCN(c2noc3ccccc23)CC1. The molecule has 144 valence electrons. The molecule has 0 unspecified atom stereocenters. The molecule has 5 rings (SSSR count). The highest BCUT2D eigenvalue weighted by Crippen LogP contribution is 2.28. The predicted molar refractivity (Wildman–Crippen MR) is 110 cm³/mol. The average molecular weight is 376 g/mol. The summed E-state index contributed by atoms with van der Waals surface area (Å²) in [4.78, 5) is 19.1. The van der Waals surface area contributed by atoms with E-state index >= 15 is 0 Å². The lowest BCUT2D eigenvalue weighted by Crippen LogP contribution is -2.49. The van der Waals surface area contributed by atoms with Crippen molar-refractivity contribution >= 4 is 28.4 Å². The molecule has 0 atom stereocenters. The molecule has 3 heterocycles. The van der Waals surface area contributed by atoms with Crippen molar-refractivity contribution in [3.8, 4) is 0 Å². The number of carbonyl (C=O) groups excluding carboxylic acids is 1. The van der Waals surface area contributed by atoms with E-state index in [2.05, 4.69) is 39.2 Å². The van der Waals surface area contributed by atoms with Crippen LogP contribution in [0.3, 0.4) is 0 Å². The lowest BCUT2D eigenvalue weighted by atomic mass is 10.0. The van der Waals surface area contributed by atoms with Crippen LogP contribution in [0.25, 0.3) is 11.0 Å². The van der Waals surface area contributed by atoms with Gasteiger partial charge in [0.1, 0.15) is 0 Å². The van der Waals surface area contributed by atoms with Crippen LogP contribution in [0.2, 0.25) is 0 Å². The minimum absolute atomic E-state index is 0.242. The molecule has 0 spiro atoms. The first-order valence-electron chi connectivity index (χ1n) is 9.99. The highest BCUT2D eigenvalue weighted by molar-refractivity contribution is 5.96. The summed E-state index contributed by atoms with van der Waals surface area (Å²) in [6.07, 6.45) is 1.47. The van der Waals surface area contributed by atoms with Crippen LogP contribution in [0.4, 0.5) is 11.5 Å². The number of benzene rings is 2. The maximum Gasteiger partial charge on any atom is 0.227 e. The average Bonchev–Trinajstić information content (AvgIpc) is 3.18. The summed E-state index contributed by atoms with van der Waals surface area (Å²) in [6, 6.07) is 16.3. The van der Waals surface area contributed by atoms with Crippen molar-refractivity contribution in [1.29, 1.82) is 0 Å². The van der Waals surface area contributed by atoms with Crippen LogP contribution in [-0.4, -0.2) is 55.2 Å². The minimum atomic E-state index is 0.242. The third-order valence-corrected chi connectivity index (χ3v) is 5.86. The Morgan fingerprint density at radius 1 is 0.893 bits per heavy atom. The van der Waals surface area contributed by atoms with E-state index in [-0.39, 0.29) is 5.91 Å². The molecule has 0 saturated carbocycles. The Balaban J connectivity index is 1.21. The number of anilines is 2. The van der Waals surface area contributed by atoms with Crippen molar-refractivity contribution in [3.05, 3.63) is 54.1 Å². The van der Waals surface area contributed by atoms with Crippen molar-refractivity contribution in [2.45, 2.75) is 12.8 Å². The largest absolute Gasteiger partial charge is 0.354 e. The summed E-state index contributed by atoms with van der Waals surface area (Å²) in [5.41, 5.74) is 3.21. The van der Waals surface area contributed by atoms with Gasteiger partial charge in [-0.1, -0.05) is 35.5 Å². The van der Waals surface area contributed by atoms with Gasteiger partial charge in [-0.3, -0.25) is 9.69 Å². The second-order valence-corrected chi connectivity index (χ2v) is 7.51. The number of hydrogen-bond donors (Lipinski definition) is 0. The number of amides is 1. The van der Waals surface area contributed by atoms with E-state index in [4.69, 9.17) is 4.52 Å². The quantitative estimate of drug-likeness (QED) is 0.701. The molecule has 3 aromatic rings. The molecular formula is C22H24N4O2. The molecule has 6 heteroatoms. The van der Waals surface area contributed by atoms with Crippen molar-refractivity contribution in [1.82, 2.24) is 10.1 Å². The number of rotatable bonds is 4. The zero-order chi connectivity index (χ0) is 18.9. The van der Waals surface area contributed by atoms with Gasteiger partial charge < -0.3 is 14.3 Å². The van der Waals surface area contributed by atoms with Crippen molar-refractivity contribution in [2.24, 2.45) is 0 Å². The lowest BCUT2D eigenvalue weighted by Gasteiger charge is -2.36. The topological polar surface area (TPSA) is 52.8 Å². The Kier molecular flexibility index (Phi) is 4.49. The molecule has 2 aliphatic heterocycles. The second-order valence-electron chi connectivity index (χ2n) is 7.51. The number of aromatic nitrogens is 1. The standard InChI is InChI=1S/C22H24N4O2/c27-21-10-9-17-5-1-3-7-19(17)26(21)16-13-24-11-14-25(15-12-24)22-18-6-2-4-8-20(18)28-23-22/h1-8H,9-16H2. The smallest absolute Gasteiger partial charge is 0.227 e. The van der Waals surface area contributed by atoms with Crippen molar-refractivity contribution in [2.75, 3.05) is 49.1 Å². The van der Waals surface area contributed by atoms with Gasteiger partial charge in [-0.15, -0.1) is 0 Å². The Morgan fingerprint density at radius 2 is 1.68 bits per heavy atom. The predicted octanol–water partition coefficient (Wildman–Crippen LogP) is 2.93. The van der Waals surface area contributed by atoms with Crippen LogP contribution in [0.1, 0.15) is 12.0 Å². The molecule has 6 nitrogen and oxygen atoms in total. The first-order chi connectivity index (χ1) is 13.8. The summed E-state index contributed by atoms with van der Waals surface area (Å²) in [6.45, 7) is 5.41. The highest BCUT2D eigenvalue weighted by Gasteiger charge is 2.26. The summed E-state index contributed by atoms with van der Waals surface area (Å²) in [5.74, 6) is 1.18. The van der Waals surface area contributed by atoms with Crippen LogP contribution in [0.15, 0.2) is 53.1 Å². The third-order valence-electron chi connectivity index (χ3n) is 5.86. The molecule has 0 aliphatic carbocycles. The van der Waals surface area contributed by atoms with Crippen LogP contribution in [-0.2, 0) is 11.2 Å². The fourth-order valence-corrected chi connectivity index (χ4v) is 4.27. The van der Waals surface area contributed by atoms with Crippen LogP contribution < -0.4 is 9.80 Å². The van der Waals surface area contributed by atoms with E-state index in [9.17, 15) is 4.79 Å². The zero-order valence-corrected chi connectivity index (χ0v) is 15.9. The molecule has 0 N–H and O–H groups in total.